The largest absolute Gasteiger partial charge is 0.308 e. The van der Waals surface area contributed by atoms with Crippen molar-refractivity contribution in [3.8, 4) is 0 Å². The van der Waals surface area contributed by atoms with Gasteiger partial charge in [-0.05, 0) is 50.5 Å². The predicted octanol–water partition coefficient (Wildman–Crippen LogP) is 1.18. The number of piperidine rings is 1. The number of pyridine rings is 1. The van der Waals surface area contributed by atoms with E-state index < -0.39 is 0 Å². The van der Waals surface area contributed by atoms with E-state index in [0.29, 0.717) is 5.92 Å². The fourth-order valence-corrected chi connectivity index (χ4v) is 2.07. The van der Waals surface area contributed by atoms with Gasteiger partial charge in [-0.25, -0.2) is 10.8 Å². The molecule has 0 atom stereocenters. The van der Waals surface area contributed by atoms with E-state index in [-0.39, 0.29) is 0 Å². The Kier molecular flexibility index (Phi) is 3.18. The minimum Gasteiger partial charge on any atom is -0.308 e. The fourth-order valence-electron chi connectivity index (χ4n) is 2.07. The third kappa shape index (κ3) is 2.46. The Morgan fingerprint density at radius 1 is 1.40 bits per heavy atom. The maximum absolute atomic E-state index is 5.28. The van der Waals surface area contributed by atoms with Gasteiger partial charge in [-0.3, -0.25) is 0 Å². The summed E-state index contributed by atoms with van der Waals surface area (Å²) in [6.07, 6.45) is 4.40. The molecule has 1 fully saturated rings. The number of rotatable bonds is 2. The number of nitrogens with one attached hydrogen (secondary N) is 1. The van der Waals surface area contributed by atoms with Crippen LogP contribution in [0.2, 0.25) is 0 Å². The van der Waals surface area contributed by atoms with Gasteiger partial charge in [0.1, 0.15) is 5.82 Å². The standard InChI is InChI=1S/C11H18N4/c1-15-6-4-9(5-7-15)10-2-3-11(14-12)13-8-10/h2-3,8-9H,4-7,12H2,1H3,(H,13,14). The minimum atomic E-state index is 0.667. The number of nitrogen functional groups attached to an aromatic ring is 1. The lowest BCUT2D eigenvalue weighted by molar-refractivity contribution is 0.255. The van der Waals surface area contributed by atoms with E-state index >= 15 is 0 Å². The van der Waals surface area contributed by atoms with Crippen molar-refractivity contribution in [1.82, 2.24) is 9.88 Å². The Labute approximate surface area is 90.5 Å². The van der Waals surface area contributed by atoms with E-state index in [1.165, 1.54) is 31.5 Å². The molecule has 1 aliphatic heterocycles. The fraction of sp³-hybridized carbons (Fsp3) is 0.545. The van der Waals surface area contributed by atoms with Crippen LogP contribution in [0.4, 0.5) is 5.82 Å². The van der Waals surface area contributed by atoms with Crippen molar-refractivity contribution < 1.29 is 0 Å². The number of likely N-dealkylation sites (tertiary alicyclic amines) is 1. The molecule has 3 N–H and O–H groups in total. The van der Waals surface area contributed by atoms with Gasteiger partial charge >= 0.3 is 0 Å². The zero-order valence-electron chi connectivity index (χ0n) is 9.11. The highest BCUT2D eigenvalue weighted by Gasteiger charge is 2.18. The number of nitrogens with two attached hydrogens (primary N) is 1. The van der Waals surface area contributed by atoms with E-state index in [9.17, 15) is 0 Å². The van der Waals surface area contributed by atoms with Crippen molar-refractivity contribution in [2.45, 2.75) is 18.8 Å². The first-order valence-corrected chi connectivity index (χ1v) is 5.40. The molecule has 15 heavy (non-hydrogen) atoms. The maximum atomic E-state index is 5.28. The molecule has 0 saturated carbocycles. The Morgan fingerprint density at radius 2 is 2.13 bits per heavy atom. The highest BCUT2D eigenvalue weighted by atomic mass is 15.2. The van der Waals surface area contributed by atoms with Crippen molar-refractivity contribution in [3.05, 3.63) is 23.9 Å². The zero-order chi connectivity index (χ0) is 10.7. The summed E-state index contributed by atoms with van der Waals surface area (Å²) in [5.74, 6) is 6.67. The molecule has 4 nitrogen and oxygen atoms in total. The van der Waals surface area contributed by atoms with Crippen molar-refractivity contribution in [2.24, 2.45) is 5.84 Å². The van der Waals surface area contributed by atoms with Crippen LogP contribution in [-0.2, 0) is 0 Å². The van der Waals surface area contributed by atoms with Crippen LogP contribution in [0.5, 0.6) is 0 Å². The van der Waals surface area contributed by atoms with Crippen molar-refractivity contribution in [3.63, 3.8) is 0 Å². The molecular weight excluding hydrogens is 188 g/mol. The van der Waals surface area contributed by atoms with Crippen LogP contribution in [-0.4, -0.2) is 30.0 Å². The third-order valence-electron chi connectivity index (χ3n) is 3.12. The number of hydrazine groups is 1. The highest BCUT2D eigenvalue weighted by Crippen LogP contribution is 2.27. The summed E-state index contributed by atoms with van der Waals surface area (Å²) < 4.78 is 0. The Bertz CT molecular complexity index is 301. The number of anilines is 1. The summed E-state index contributed by atoms with van der Waals surface area (Å²) in [6.45, 7) is 2.36. The normalized spacial score (nSPS) is 19.1. The third-order valence-corrected chi connectivity index (χ3v) is 3.12. The van der Waals surface area contributed by atoms with Crippen molar-refractivity contribution >= 4 is 5.82 Å². The second-order valence-electron chi connectivity index (χ2n) is 4.20. The van der Waals surface area contributed by atoms with Crippen molar-refractivity contribution in [1.29, 1.82) is 0 Å². The summed E-state index contributed by atoms with van der Waals surface area (Å²) in [5.41, 5.74) is 3.88. The summed E-state index contributed by atoms with van der Waals surface area (Å²) in [6, 6.07) is 4.06. The molecule has 0 amide bonds. The highest BCUT2D eigenvalue weighted by molar-refractivity contribution is 5.34. The van der Waals surface area contributed by atoms with Gasteiger partial charge in [-0.2, -0.15) is 0 Å². The summed E-state index contributed by atoms with van der Waals surface area (Å²) in [7, 11) is 2.18. The molecule has 0 unspecified atom stereocenters. The number of hydrogen-bond donors (Lipinski definition) is 2. The smallest absolute Gasteiger partial charge is 0.139 e. The molecule has 1 saturated heterocycles. The lowest BCUT2D eigenvalue weighted by Gasteiger charge is -2.28. The molecule has 2 rings (SSSR count). The predicted molar refractivity (Wildman–Crippen MR) is 61.5 cm³/mol. The average Bonchev–Trinajstić information content (AvgIpc) is 2.30. The van der Waals surface area contributed by atoms with Crippen LogP contribution < -0.4 is 11.3 Å². The Morgan fingerprint density at radius 3 is 2.67 bits per heavy atom. The summed E-state index contributed by atoms with van der Waals surface area (Å²) >= 11 is 0. The van der Waals surface area contributed by atoms with E-state index in [4.69, 9.17) is 5.84 Å². The minimum absolute atomic E-state index is 0.667. The molecule has 0 spiro atoms. The van der Waals surface area contributed by atoms with Crippen LogP contribution in [0.25, 0.3) is 0 Å². The monoisotopic (exact) mass is 206 g/mol. The molecule has 2 heterocycles. The van der Waals surface area contributed by atoms with Gasteiger partial charge in [-0.15, -0.1) is 0 Å². The van der Waals surface area contributed by atoms with Crippen LogP contribution in [0.15, 0.2) is 18.3 Å². The molecule has 4 heteroatoms. The van der Waals surface area contributed by atoms with Gasteiger partial charge in [0.2, 0.25) is 0 Å². The number of aromatic nitrogens is 1. The molecule has 0 radical (unpaired) electrons. The quantitative estimate of drug-likeness (QED) is 0.563. The van der Waals surface area contributed by atoms with Gasteiger partial charge in [0.25, 0.3) is 0 Å². The Hall–Kier alpha value is -1.13. The van der Waals surface area contributed by atoms with Crippen LogP contribution in [0.3, 0.4) is 0 Å². The Balaban J connectivity index is 2.03. The van der Waals surface area contributed by atoms with E-state index in [0.717, 1.165) is 5.82 Å². The van der Waals surface area contributed by atoms with E-state index in [1.807, 2.05) is 12.3 Å². The van der Waals surface area contributed by atoms with Crippen LogP contribution in [0, 0.1) is 0 Å². The second-order valence-corrected chi connectivity index (χ2v) is 4.20. The molecule has 0 aliphatic carbocycles. The average molecular weight is 206 g/mol. The van der Waals surface area contributed by atoms with Crippen LogP contribution >= 0.6 is 0 Å². The first-order chi connectivity index (χ1) is 7.29. The van der Waals surface area contributed by atoms with Gasteiger partial charge in [0, 0.05) is 6.20 Å². The van der Waals surface area contributed by atoms with E-state index in [2.05, 4.69) is 28.4 Å². The number of hydrogen-bond acceptors (Lipinski definition) is 4. The molecule has 82 valence electrons. The lowest BCUT2D eigenvalue weighted by atomic mass is 9.91. The number of nitrogens with zero attached hydrogens (tertiary/aromatic N) is 2. The summed E-state index contributed by atoms with van der Waals surface area (Å²) in [5, 5.41) is 0. The second kappa shape index (κ2) is 4.59. The lowest BCUT2D eigenvalue weighted by Crippen LogP contribution is -2.29. The molecule has 1 aromatic heterocycles. The zero-order valence-corrected chi connectivity index (χ0v) is 9.11. The van der Waals surface area contributed by atoms with Gasteiger partial charge in [-0.1, -0.05) is 6.07 Å². The van der Waals surface area contributed by atoms with Gasteiger partial charge in [0.15, 0.2) is 0 Å². The molecule has 1 aromatic rings. The first-order valence-electron chi connectivity index (χ1n) is 5.40. The SMILES string of the molecule is CN1CCC(c2ccc(NN)nc2)CC1. The molecule has 0 bridgehead atoms. The van der Waals surface area contributed by atoms with E-state index in [1.54, 1.807) is 0 Å². The van der Waals surface area contributed by atoms with Crippen LogP contribution in [0.1, 0.15) is 24.3 Å². The topological polar surface area (TPSA) is 54.2 Å². The van der Waals surface area contributed by atoms with Gasteiger partial charge < -0.3 is 10.3 Å². The van der Waals surface area contributed by atoms with Gasteiger partial charge in [0.05, 0.1) is 0 Å². The first kappa shape index (κ1) is 10.4. The maximum Gasteiger partial charge on any atom is 0.139 e. The molecule has 1 aliphatic rings. The molecule has 0 aromatic carbocycles. The molecular formula is C11H18N4. The summed E-state index contributed by atoms with van der Waals surface area (Å²) in [4.78, 5) is 6.62. The van der Waals surface area contributed by atoms with Crippen molar-refractivity contribution in [2.75, 3.05) is 25.6 Å².